The number of nitrogens with zero attached hydrogens (tertiary/aromatic N) is 1. The Morgan fingerprint density at radius 3 is 2.27 bits per heavy atom. The van der Waals surface area contributed by atoms with E-state index in [-0.39, 0.29) is 18.2 Å². The first-order valence-corrected chi connectivity index (χ1v) is 5.25. The van der Waals surface area contributed by atoms with Crippen molar-refractivity contribution in [1.29, 1.82) is 0 Å². The Kier molecular flexibility index (Phi) is 2.99. The second-order valence-corrected chi connectivity index (χ2v) is 5.23. The molecule has 1 fully saturated rings. The van der Waals surface area contributed by atoms with Gasteiger partial charge in [0.1, 0.15) is 11.6 Å². The Morgan fingerprint density at radius 2 is 2.00 bits per heavy atom. The van der Waals surface area contributed by atoms with Gasteiger partial charge in [0.05, 0.1) is 6.04 Å². The molecule has 1 heterocycles. The molecule has 0 spiro atoms. The van der Waals surface area contributed by atoms with Crippen molar-refractivity contribution in [2.45, 2.75) is 52.3 Å². The number of ether oxygens (including phenoxy) is 1. The second kappa shape index (κ2) is 3.77. The third-order valence-electron chi connectivity index (χ3n) is 2.31. The van der Waals surface area contributed by atoms with Crippen LogP contribution in [0.4, 0.5) is 4.79 Å². The van der Waals surface area contributed by atoms with Gasteiger partial charge >= 0.3 is 6.09 Å². The Hall–Kier alpha value is -1.17. The summed E-state index contributed by atoms with van der Waals surface area (Å²) in [6, 6.07) is 0.0599. The lowest BCUT2D eigenvalue weighted by atomic mass is 10.1. The van der Waals surface area contributed by atoms with Crippen LogP contribution in [0.5, 0.6) is 0 Å². The molecule has 0 aromatic rings. The molecular formula is C12H19NO2. The average Bonchev–Trinajstić information content (AvgIpc) is 2.73. The highest BCUT2D eigenvalue weighted by molar-refractivity contribution is 5.73. The molecule has 1 rings (SSSR count). The van der Waals surface area contributed by atoms with Crippen molar-refractivity contribution in [2.24, 2.45) is 5.92 Å². The number of hydrogen-bond donors (Lipinski definition) is 0. The lowest BCUT2D eigenvalue weighted by Gasteiger charge is -2.20. The number of carbonyl (C=O) groups excluding carboxylic acids is 1. The summed E-state index contributed by atoms with van der Waals surface area (Å²) in [6.45, 7) is 9.66. The lowest BCUT2D eigenvalue weighted by molar-refractivity contribution is 0.0392. The van der Waals surface area contributed by atoms with Gasteiger partial charge in [0.15, 0.2) is 0 Å². The van der Waals surface area contributed by atoms with Crippen LogP contribution in [0.1, 0.15) is 34.6 Å². The first kappa shape index (κ1) is 11.9. The molecule has 0 aromatic carbocycles. The summed E-state index contributed by atoms with van der Waals surface area (Å²) in [5.41, 5.74) is -0.458. The van der Waals surface area contributed by atoms with Gasteiger partial charge in [0.2, 0.25) is 0 Å². The monoisotopic (exact) mass is 209 g/mol. The topological polar surface area (TPSA) is 29.3 Å². The first-order chi connectivity index (χ1) is 6.78. The molecule has 2 atom stereocenters. The van der Waals surface area contributed by atoms with Crippen LogP contribution in [0.25, 0.3) is 0 Å². The molecule has 84 valence electrons. The summed E-state index contributed by atoms with van der Waals surface area (Å²) in [5.74, 6) is 2.99. The van der Waals surface area contributed by atoms with Crippen LogP contribution < -0.4 is 0 Å². The summed E-state index contributed by atoms with van der Waals surface area (Å²) in [6.07, 6.45) is 5.05. The normalized spacial score (nSPS) is 25.0. The molecular weight excluding hydrogens is 190 g/mol. The van der Waals surface area contributed by atoms with Crippen molar-refractivity contribution in [3.8, 4) is 12.3 Å². The molecule has 15 heavy (non-hydrogen) atoms. The molecule has 3 heteroatoms. The van der Waals surface area contributed by atoms with Gasteiger partial charge in [-0.3, -0.25) is 4.90 Å². The molecule has 0 aromatic heterocycles. The van der Waals surface area contributed by atoms with Crippen LogP contribution >= 0.6 is 0 Å². The Bertz CT molecular complexity index is 296. The number of terminal acetylenes is 1. The van der Waals surface area contributed by atoms with Crippen molar-refractivity contribution < 1.29 is 9.53 Å². The van der Waals surface area contributed by atoms with Crippen molar-refractivity contribution >= 4 is 6.09 Å². The molecule has 0 aliphatic carbocycles. The highest BCUT2D eigenvalue weighted by atomic mass is 16.6. The van der Waals surface area contributed by atoms with Crippen LogP contribution in [0.15, 0.2) is 0 Å². The van der Waals surface area contributed by atoms with E-state index in [1.165, 1.54) is 0 Å². The molecule has 0 radical (unpaired) electrons. The zero-order valence-corrected chi connectivity index (χ0v) is 10.1. The van der Waals surface area contributed by atoms with Gasteiger partial charge in [-0.1, -0.05) is 19.8 Å². The predicted molar refractivity (Wildman–Crippen MR) is 59.3 cm³/mol. The van der Waals surface area contributed by atoms with Gasteiger partial charge in [-0.05, 0) is 26.7 Å². The van der Waals surface area contributed by atoms with E-state index in [4.69, 9.17) is 11.2 Å². The van der Waals surface area contributed by atoms with E-state index in [1.807, 2.05) is 20.8 Å². The van der Waals surface area contributed by atoms with Gasteiger partial charge < -0.3 is 4.74 Å². The second-order valence-electron chi connectivity index (χ2n) is 5.23. The van der Waals surface area contributed by atoms with Gasteiger partial charge in [0, 0.05) is 0 Å². The Labute approximate surface area is 91.8 Å². The first-order valence-electron chi connectivity index (χ1n) is 5.25. The highest BCUT2D eigenvalue weighted by Gasteiger charge is 2.53. The Morgan fingerprint density at radius 1 is 1.47 bits per heavy atom. The molecule has 1 saturated heterocycles. The zero-order valence-electron chi connectivity index (χ0n) is 10.1. The van der Waals surface area contributed by atoms with Crippen molar-refractivity contribution in [3.05, 3.63) is 0 Å². The molecule has 0 bridgehead atoms. The average molecular weight is 209 g/mol. The standard InChI is InChI=1S/C12H19NO2/c1-7-9-10(8(2)3)13(9)11(14)15-12(4,5)6/h1,8-10H,2-6H3/t9-,10-,13?/m0/s1. The maximum atomic E-state index is 11.7. The summed E-state index contributed by atoms with van der Waals surface area (Å²) >= 11 is 0. The minimum absolute atomic E-state index is 0.0835. The van der Waals surface area contributed by atoms with E-state index in [1.54, 1.807) is 4.90 Å². The number of hydrogen-bond acceptors (Lipinski definition) is 2. The fourth-order valence-electron chi connectivity index (χ4n) is 1.66. The maximum Gasteiger partial charge on any atom is 0.411 e. The third kappa shape index (κ3) is 2.65. The minimum Gasteiger partial charge on any atom is -0.444 e. The molecule has 3 nitrogen and oxygen atoms in total. The van der Waals surface area contributed by atoms with Crippen molar-refractivity contribution in [2.75, 3.05) is 0 Å². The smallest absolute Gasteiger partial charge is 0.411 e. The summed E-state index contributed by atoms with van der Waals surface area (Å²) in [7, 11) is 0. The highest BCUT2D eigenvalue weighted by Crippen LogP contribution is 2.35. The molecule has 1 aliphatic rings. The zero-order chi connectivity index (χ0) is 11.8. The van der Waals surface area contributed by atoms with E-state index in [2.05, 4.69) is 19.8 Å². The van der Waals surface area contributed by atoms with Crippen LogP contribution in [-0.4, -0.2) is 28.7 Å². The minimum atomic E-state index is -0.458. The van der Waals surface area contributed by atoms with E-state index < -0.39 is 5.60 Å². The predicted octanol–water partition coefficient (Wildman–Crippen LogP) is 2.26. The summed E-state index contributed by atoms with van der Waals surface area (Å²) in [4.78, 5) is 13.3. The lowest BCUT2D eigenvalue weighted by Crippen LogP contribution is -2.28. The van der Waals surface area contributed by atoms with Crippen molar-refractivity contribution in [1.82, 2.24) is 4.90 Å². The number of amides is 1. The third-order valence-corrected chi connectivity index (χ3v) is 2.31. The molecule has 1 amide bonds. The largest absolute Gasteiger partial charge is 0.444 e. The van der Waals surface area contributed by atoms with Crippen LogP contribution in [0.3, 0.4) is 0 Å². The van der Waals surface area contributed by atoms with E-state index >= 15 is 0 Å². The van der Waals surface area contributed by atoms with E-state index in [0.717, 1.165) is 0 Å². The fraction of sp³-hybridized carbons (Fsp3) is 0.750. The fourth-order valence-corrected chi connectivity index (χ4v) is 1.66. The van der Waals surface area contributed by atoms with Crippen LogP contribution in [0.2, 0.25) is 0 Å². The van der Waals surface area contributed by atoms with Crippen molar-refractivity contribution in [3.63, 3.8) is 0 Å². The SMILES string of the molecule is C#C[C@H]1[C@H](C(C)C)N1C(=O)OC(C)(C)C. The quantitative estimate of drug-likeness (QED) is 0.489. The van der Waals surface area contributed by atoms with Gasteiger partial charge in [-0.2, -0.15) is 0 Å². The molecule has 0 saturated carbocycles. The number of rotatable bonds is 1. The Balaban J connectivity index is 2.60. The van der Waals surface area contributed by atoms with E-state index in [0.29, 0.717) is 5.92 Å². The van der Waals surface area contributed by atoms with Gasteiger partial charge in [-0.15, -0.1) is 6.42 Å². The van der Waals surface area contributed by atoms with Gasteiger partial charge in [-0.25, -0.2) is 4.79 Å². The maximum absolute atomic E-state index is 11.7. The number of carbonyl (C=O) groups is 1. The summed E-state index contributed by atoms with van der Waals surface area (Å²) < 4.78 is 5.27. The summed E-state index contributed by atoms with van der Waals surface area (Å²) in [5, 5.41) is 0. The molecule has 0 N–H and O–H groups in total. The van der Waals surface area contributed by atoms with Crippen LogP contribution in [0, 0.1) is 18.3 Å². The molecule has 1 aliphatic heterocycles. The van der Waals surface area contributed by atoms with Crippen LogP contribution in [-0.2, 0) is 4.74 Å². The van der Waals surface area contributed by atoms with Gasteiger partial charge in [0.25, 0.3) is 0 Å². The van der Waals surface area contributed by atoms with E-state index in [9.17, 15) is 4.79 Å². The molecule has 0 unspecified atom stereocenters.